The highest BCUT2D eigenvalue weighted by Gasteiger charge is 2.28. The molecule has 0 fully saturated rings. The molecule has 0 saturated carbocycles. The molecule has 1 N–H and O–H groups in total. The van der Waals surface area contributed by atoms with Gasteiger partial charge in [-0.2, -0.15) is 0 Å². The Morgan fingerprint density at radius 2 is 2.22 bits per heavy atom. The predicted octanol–water partition coefficient (Wildman–Crippen LogP) is 2.27. The van der Waals surface area contributed by atoms with Crippen molar-refractivity contribution in [3.63, 3.8) is 0 Å². The van der Waals surface area contributed by atoms with Gasteiger partial charge in [-0.25, -0.2) is 4.98 Å². The first-order valence-corrected chi connectivity index (χ1v) is 7.33. The Balaban J connectivity index is 1.69. The van der Waals surface area contributed by atoms with E-state index in [9.17, 15) is 9.59 Å². The monoisotopic (exact) mass is 331 g/mol. The van der Waals surface area contributed by atoms with Crippen molar-refractivity contribution in [2.24, 2.45) is 0 Å². The number of carbonyl (C=O) groups is 2. The molecule has 6 nitrogen and oxygen atoms in total. The molecule has 23 heavy (non-hydrogen) atoms. The van der Waals surface area contributed by atoms with Gasteiger partial charge in [0.25, 0.3) is 0 Å². The molecule has 1 aromatic carbocycles. The van der Waals surface area contributed by atoms with Crippen LogP contribution in [0.2, 0.25) is 5.02 Å². The lowest BCUT2D eigenvalue weighted by molar-refractivity contribution is -0.120. The second-order valence-corrected chi connectivity index (χ2v) is 5.50. The van der Waals surface area contributed by atoms with E-state index >= 15 is 0 Å². The number of methoxy groups -OCH3 is 1. The van der Waals surface area contributed by atoms with Gasteiger partial charge in [-0.15, -0.1) is 0 Å². The molecule has 0 bridgehead atoms. The summed E-state index contributed by atoms with van der Waals surface area (Å²) >= 11 is 5.93. The SMILES string of the molecule is COc1ccc(NC(=O)CN2C(=O)Cc3cc(Cl)ccc32)cn1. The molecule has 2 heterocycles. The van der Waals surface area contributed by atoms with Gasteiger partial charge in [0.1, 0.15) is 6.54 Å². The van der Waals surface area contributed by atoms with Crippen LogP contribution in [0.25, 0.3) is 0 Å². The van der Waals surface area contributed by atoms with Crippen molar-refractivity contribution in [1.82, 2.24) is 4.98 Å². The molecule has 0 atom stereocenters. The number of benzene rings is 1. The molecule has 2 aromatic rings. The zero-order valence-corrected chi connectivity index (χ0v) is 13.1. The fraction of sp³-hybridized carbons (Fsp3) is 0.188. The van der Waals surface area contributed by atoms with Gasteiger partial charge in [0.15, 0.2) is 0 Å². The standard InChI is InChI=1S/C16H14ClN3O3/c1-23-15-5-3-12(8-18-15)19-14(21)9-20-13-4-2-11(17)6-10(13)7-16(20)22/h2-6,8H,7,9H2,1H3,(H,19,21). The highest BCUT2D eigenvalue weighted by Crippen LogP contribution is 2.30. The van der Waals surface area contributed by atoms with Crippen molar-refractivity contribution in [2.45, 2.75) is 6.42 Å². The number of aromatic nitrogens is 1. The predicted molar refractivity (Wildman–Crippen MR) is 86.9 cm³/mol. The molecule has 3 rings (SSSR count). The Bertz CT molecular complexity index is 762. The van der Waals surface area contributed by atoms with Gasteiger partial charge >= 0.3 is 0 Å². The number of hydrogen-bond acceptors (Lipinski definition) is 4. The number of amides is 2. The van der Waals surface area contributed by atoms with Crippen molar-refractivity contribution in [3.05, 3.63) is 47.1 Å². The number of rotatable bonds is 4. The van der Waals surface area contributed by atoms with E-state index in [-0.39, 0.29) is 24.8 Å². The van der Waals surface area contributed by atoms with Crippen LogP contribution < -0.4 is 15.0 Å². The molecule has 7 heteroatoms. The number of nitrogens with zero attached hydrogens (tertiary/aromatic N) is 2. The number of fused-ring (bicyclic) bond motifs is 1. The largest absolute Gasteiger partial charge is 0.481 e. The molecule has 1 aliphatic heterocycles. The molecule has 0 unspecified atom stereocenters. The molecule has 0 spiro atoms. The lowest BCUT2D eigenvalue weighted by Crippen LogP contribution is -2.35. The number of ether oxygens (including phenoxy) is 1. The van der Waals surface area contributed by atoms with Crippen molar-refractivity contribution in [1.29, 1.82) is 0 Å². The van der Waals surface area contributed by atoms with Crippen molar-refractivity contribution in [2.75, 3.05) is 23.9 Å². The van der Waals surface area contributed by atoms with Gasteiger partial charge in [0.05, 0.1) is 25.4 Å². The number of hydrogen-bond donors (Lipinski definition) is 1. The third kappa shape index (κ3) is 3.27. The Labute approximate surface area is 138 Å². The summed E-state index contributed by atoms with van der Waals surface area (Å²) in [6.07, 6.45) is 1.75. The first-order chi connectivity index (χ1) is 11.1. The Hall–Kier alpha value is -2.60. The van der Waals surface area contributed by atoms with Crippen molar-refractivity contribution >= 4 is 34.8 Å². The molecular weight excluding hydrogens is 318 g/mol. The Morgan fingerprint density at radius 1 is 1.39 bits per heavy atom. The summed E-state index contributed by atoms with van der Waals surface area (Å²) in [5, 5.41) is 3.28. The number of halogens is 1. The van der Waals surface area contributed by atoms with E-state index in [2.05, 4.69) is 10.3 Å². The van der Waals surface area contributed by atoms with Crippen LogP contribution in [0.1, 0.15) is 5.56 Å². The average Bonchev–Trinajstić information content (AvgIpc) is 2.83. The fourth-order valence-electron chi connectivity index (χ4n) is 2.44. The van der Waals surface area contributed by atoms with Gasteiger partial charge in [-0.3, -0.25) is 9.59 Å². The highest BCUT2D eigenvalue weighted by molar-refractivity contribution is 6.31. The summed E-state index contributed by atoms with van der Waals surface area (Å²) in [7, 11) is 1.52. The van der Waals surface area contributed by atoms with E-state index < -0.39 is 0 Å². The Kier molecular flexibility index (Phi) is 4.16. The van der Waals surface area contributed by atoms with Crippen LogP contribution in [0.5, 0.6) is 5.88 Å². The normalized spacial score (nSPS) is 13.0. The smallest absolute Gasteiger partial charge is 0.244 e. The maximum atomic E-state index is 12.2. The second kappa shape index (κ2) is 6.26. The fourth-order valence-corrected chi connectivity index (χ4v) is 2.64. The van der Waals surface area contributed by atoms with Gasteiger partial charge in [-0.1, -0.05) is 11.6 Å². The summed E-state index contributed by atoms with van der Waals surface area (Å²) in [5.74, 6) is 0.0434. The third-order valence-electron chi connectivity index (χ3n) is 3.51. The number of pyridine rings is 1. The summed E-state index contributed by atoms with van der Waals surface area (Å²) in [4.78, 5) is 29.7. The van der Waals surface area contributed by atoms with Crippen LogP contribution in [0, 0.1) is 0 Å². The van der Waals surface area contributed by atoms with Crippen molar-refractivity contribution in [3.8, 4) is 5.88 Å². The van der Waals surface area contributed by atoms with Crippen LogP contribution in [0.4, 0.5) is 11.4 Å². The van der Waals surface area contributed by atoms with Crippen molar-refractivity contribution < 1.29 is 14.3 Å². The van der Waals surface area contributed by atoms with Crippen LogP contribution in [0.15, 0.2) is 36.5 Å². The minimum absolute atomic E-state index is 0.0561. The second-order valence-electron chi connectivity index (χ2n) is 5.07. The van der Waals surface area contributed by atoms with E-state index in [4.69, 9.17) is 16.3 Å². The third-order valence-corrected chi connectivity index (χ3v) is 3.74. The topological polar surface area (TPSA) is 71.5 Å². The summed E-state index contributed by atoms with van der Waals surface area (Å²) in [6, 6.07) is 8.54. The average molecular weight is 332 g/mol. The molecule has 0 aliphatic carbocycles. The van der Waals surface area contributed by atoms with E-state index in [1.165, 1.54) is 18.2 Å². The first kappa shape index (κ1) is 15.3. The molecule has 0 saturated heterocycles. The number of carbonyl (C=O) groups excluding carboxylic acids is 2. The number of anilines is 2. The van der Waals surface area contributed by atoms with Gasteiger partial charge in [-0.05, 0) is 29.8 Å². The maximum absolute atomic E-state index is 12.2. The molecule has 1 aromatic heterocycles. The first-order valence-electron chi connectivity index (χ1n) is 6.95. The molecule has 1 aliphatic rings. The lowest BCUT2D eigenvalue weighted by Gasteiger charge is -2.17. The summed E-state index contributed by atoms with van der Waals surface area (Å²) in [5.41, 5.74) is 2.10. The summed E-state index contributed by atoms with van der Waals surface area (Å²) in [6.45, 7) is -0.0561. The minimum atomic E-state index is -0.298. The quantitative estimate of drug-likeness (QED) is 0.933. The van der Waals surface area contributed by atoms with Crippen LogP contribution in [-0.4, -0.2) is 30.5 Å². The number of nitrogens with one attached hydrogen (secondary N) is 1. The molecular formula is C16H14ClN3O3. The zero-order chi connectivity index (χ0) is 16.4. The molecule has 0 radical (unpaired) electrons. The zero-order valence-electron chi connectivity index (χ0n) is 12.4. The Morgan fingerprint density at radius 3 is 2.91 bits per heavy atom. The van der Waals surface area contributed by atoms with E-state index in [0.29, 0.717) is 16.6 Å². The van der Waals surface area contributed by atoms with Crippen LogP contribution in [-0.2, 0) is 16.0 Å². The van der Waals surface area contributed by atoms with E-state index in [1.807, 2.05) is 0 Å². The van der Waals surface area contributed by atoms with E-state index in [0.717, 1.165) is 11.3 Å². The minimum Gasteiger partial charge on any atom is -0.481 e. The lowest BCUT2D eigenvalue weighted by atomic mass is 10.2. The van der Waals surface area contributed by atoms with E-state index in [1.54, 1.807) is 30.3 Å². The molecule has 118 valence electrons. The maximum Gasteiger partial charge on any atom is 0.244 e. The van der Waals surface area contributed by atoms with Crippen LogP contribution in [0.3, 0.4) is 0 Å². The molecule has 2 amide bonds. The summed E-state index contributed by atoms with van der Waals surface area (Å²) < 4.78 is 4.96. The van der Waals surface area contributed by atoms with Gasteiger partial charge < -0.3 is 15.0 Å². The van der Waals surface area contributed by atoms with Gasteiger partial charge in [0, 0.05) is 16.8 Å². The van der Waals surface area contributed by atoms with Crippen LogP contribution >= 0.6 is 11.6 Å². The highest BCUT2D eigenvalue weighted by atomic mass is 35.5. The van der Waals surface area contributed by atoms with Gasteiger partial charge in [0.2, 0.25) is 17.7 Å².